The Hall–Kier alpha value is -0.169. The summed E-state index contributed by atoms with van der Waals surface area (Å²) in [6, 6.07) is 8.69. The number of hydrogen-bond acceptors (Lipinski definition) is 4. The van der Waals surface area contributed by atoms with Gasteiger partial charge in [-0.25, -0.2) is 0 Å². The summed E-state index contributed by atoms with van der Waals surface area (Å²) in [4.78, 5) is 0. The second-order valence-electron chi connectivity index (χ2n) is 4.18. The molecule has 0 aliphatic rings. The van der Waals surface area contributed by atoms with E-state index in [0.717, 1.165) is 0 Å². The predicted molar refractivity (Wildman–Crippen MR) is 55.9 cm³/mol. The number of benzene rings is 1. The molecule has 0 saturated carbocycles. The number of hydrogen-bond donors (Lipinski definition) is 2. The molecule has 0 heterocycles. The molecule has 0 fully saturated rings. The second-order valence-corrected chi connectivity index (χ2v) is 11.6. The van der Waals surface area contributed by atoms with Gasteiger partial charge in [0.25, 0.3) is 0 Å². The van der Waals surface area contributed by atoms with Crippen molar-refractivity contribution in [2.24, 2.45) is 0 Å². The fourth-order valence-electron chi connectivity index (χ4n) is 1.06. The molecule has 0 amide bonds. The van der Waals surface area contributed by atoms with Crippen molar-refractivity contribution in [2.45, 2.75) is 19.6 Å². The van der Waals surface area contributed by atoms with Crippen LogP contribution in [0.25, 0.3) is 0 Å². The van der Waals surface area contributed by atoms with E-state index < -0.39 is 26.5 Å². The topological polar surface area (TPSA) is 58.9 Å². The van der Waals surface area contributed by atoms with Gasteiger partial charge >= 0.3 is 95.9 Å². The van der Waals surface area contributed by atoms with E-state index in [9.17, 15) is 7.38 Å². The standard InChI is InChI=1S/C6H6O.C3H9OSi.2H2O.Ti/c7-6-4-2-1-3-5-6;1-5(2,3)4;;;/h1-5,7H;1-3H3;2*1H2;/q;-1;;;+4/p-3. The average Bonchev–Trinajstić information content (AvgIpc) is 1.99. The normalized spacial score (nSPS) is 12.6. The summed E-state index contributed by atoms with van der Waals surface area (Å²) in [5, 5.41) is 0. The van der Waals surface area contributed by atoms with Gasteiger partial charge in [-0.15, -0.1) is 0 Å². The van der Waals surface area contributed by atoms with Crippen LogP contribution in [0.4, 0.5) is 0 Å². The van der Waals surface area contributed by atoms with Crippen molar-refractivity contribution in [1.82, 2.24) is 0 Å². The molecule has 0 aliphatic heterocycles. The quantitative estimate of drug-likeness (QED) is 0.813. The van der Waals surface area contributed by atoms with E-state index in [1.807, 2.05) is 25.7 Å². The Labute approximate surface area is 95.9 Å². The molecule has 2 N–H and O–H groups in total. The third-order valence-electron chi connectivity index (χ3n) is 1.43. The Morgan fingerprint density at radius 3 is 2.07 bits per heavy atom. The van der Waals surface area contributed by atoms with E-state index in [4.69, 9.17) is 6.33 Å². The summed E-state index contributed by atoms with van der Waals surface area (Å²) in [6.07, 6.45) is 0. The van der Waals surface area contributed by atoms with Gasteiger partial charge in [0.05, 0.1) is 0 Å². The molecule has 0 aliphatic carbocycles. The molecule has 1 rings (SSSR count). The molecule has 1 aromatic carbocycles. The number of para-hydroxylation sites is 1. The Kier molecular flexibility index (Phi) is 4.11. The fourth-order valence-corrected chi connectivity index (χ4v) is 6.53. The third kappa shape index (κ3) is 5.46. The molecule has 0 atom stereocenters. The van der Waals surface area contributed by atoms with E-state index >= 15 is 0 Å². The van der Waals surface area contributed by atoms with E-state index in [-0.39, 0.29) is 0 Å². The Morgan fingerprint density at radius 2 is 1.60 bits per heavy atom. The molecule has 4 nitrogen and oxygen atoms in total. The van der Waals surface area contributed by atoms with Crippen molar-refractivity contribution < 1.29 is 31.8 Å². The molecule has 0 saturated heterocycles. The molecule has 0 unspecified atom stereocenters. The molecule has 0 bridgehead atoms. The van der Waals surface area contributed by atoms with Crippen molar-refractivity contribution in [2.75, 3.05) is 0 Å². The fraction of sp³-hybridized carbons (Fsp3) is 0.333. The van der Waals surface area contributed by atoms with Crippen LogP contribution in [0.1, 0.15) is 0 Å². The van der Waals surface area contributed by atoms with Crippen LogP contribution in [-0.4, -0.2) is 15.7 Å². The SMILES string of the molecule is C[Si](C)(C)[O][Ti]([OH])([OH])[O]c1ccccc1. The van der Waals surface area contributed by atoms with Crippen LogP contribution >= 0.6 is 0 Å². The molecule has 0 aromatic heterocycles. The van der Waals surface area contributed by atoms with Gasteiger partial charge in [-0.3, -0.25) is 0 Å². The van der Waals surface area contributed by atoms with Gasteiger partial charge in [0.15, 0.2) is 0 Å². The first-order valence-electron chi connectivity index (χ1n) is 4.67. The van der Waals surface area contributed by atoms with E-state index in [1.54, 1.807) is 24.3 Å². The molecule has 1 aromatic rings. The van der Waals surface area contributed by atoms with Crippen molar-refractivity contribution in [1.29, 1.82) is 0 Å². The summed E-state index contributed by atoms with van der Waals surface area (Å²) >= 11 is -4.53. The summed E-state index contributed by atoms with van der Waals surface area (Å²) < 4.78 is 29.6. The van der Waals surface area contributed by atoms with Crippen molar-refractivity contribution in [3.05, 3.63) is 30.3 Å². The van der Waals surface area contributed by atoms with Gasteiger partial charge in [-0.2, -0.15) is 0 Å². The molecule has 6 heteroatoms. The van der Waals surface area contributed by atoms with Crippen molar-refractivity contribution in [3.8, 4) is 5.75 Å². The molecule has 84 valence electrons. The average molecular weight is 264 g/mol. The van der Waals surface area contributed by atoms with Crippen molar-refractivity contribution in [3.63, 3.8) is 0 Å². The minimum atomic E-state index is -4.53. The maximum absolute atomic E-state index is 9.64. The summed E-state index contributed by atoms with van der Waals surface area (Å²) in [6.45, 7) is 5.65. The zero-order valence-electron chi connectivity index (χ0n) is 9.10. The Bertz CT molecular complexity index is 310. The van der Waals surface area contributed by atoms with Gasteiger partial charge in [0.2, 0.25) is 0 Å². The minimum absolute atomic E-state index is 0.431. The van der Waals surface area contributed by atoms with Gasteiger partial charge in [-0.1, -0.05) is 0 Å². The molecular formula is C9H16O4SiTi. The first-order chi connectivity index (χ1) is 6.79. The van der Waals surface area contributed by atoms with E-state index in [2.05, 4.69) is 0 Å². The van der Waals surface area contributed by atoms with Gasteiger partial charge in [0, 0.05) is 0 Å². The van der Waals surface area contributed by atoms with Crippen LogP contribution in [-0.2, 0) is 21.1 Å². The third-order valence-corrected chi connectivity index (χ3v) is 7.21. The maximum atomic E-state index is 9.64. The van der Waals surface area contributed by atoms with Gasteiger partial charge in [-0.05, 0) is 0 Å². The molecular weight excluding hydrogens is 248 g/mol. The molecule has 0 spiro atoms. The molecule has 15 heavy (non-hydrogen) atoms. The van der Waals surface area contributed by atoms with Gasteiger partial charge < -0.3 is 0 Å². The van der Waals surface area contributed by atoms with E-state index in [0.29, 0.717) is 5.75 Å². The second kappa shape index (κ2) is 4.78. The Morgan fingerprint density at radius 1 is 1.07 bits per heavy atom. The van der Waals surface area contributed by atoms with E-state index in [1.165, 1.54) is 0 Å². The number of rotatable bonds is 4. The van der Waals surface area contributed by atoms with Crippen LogP contribution in [0, 0.1) is 0 Å². The van der Waals surface area contributed by atoms with Crippen LogP contribution in [0.2, 0.25) is 19.6 Å². The predicted octanol–water partition coefficient (Wildman–Crippen LogP) is 1.72. The zero-order chi connectivity index (χ0) is 11.5. The van der Waals surface area contributed by atoms with Crippen LogP contribution in [0.3, 0.4) is 0 Å². The summed E-state index contributed by atoms with van der Waals surface area (Å²) in [5.41, 5.74) is 0. The van der Waals surface area contributed by atoms with Crippen LogP contribution < -0.4 is 3.32 Å². The van der Waals surface area contributed by atoms with Crippen molar-refractivity contribution >= 4 is 8.32 Å². The first kappa shape index (κ1) is 12.9. The first-order valence-corrected chi connectivity index (χ1v) is 10.8. The van der Waals surface area contributed by atoms with Crippen LogP contribution in [0.15, 0.2) is 30.3 Å². The molecule has 0 radical (unpaired) electrons. The summed E-state index contributed by atoms with van der Waals surface area (Å²) in [7, 11) is -1.99. The zero-order valence-corrected chi connectivity index (χ0v) is 11.7. The van der Waals surface area contributed by atoms with Crippen LogP contribution in [0.5, 0.6) is 5.75 Å². The summed E-state index contributed by atoms with van der Waals surface area (Å²) in [5.74, 6) is 0.431. The Balaban J connectivity index is 2.65. The van der Waals surface area contributed by atoms with Gasteiger partial charge in [0.1, 0.15) is 0 Å². The monoisotopic (exact) mass is 264 g/mol.